The van der Waals surface area contributed by atoms with Gasteiger partial charge in [0.25, 0.3) is 0 Å². The second-order valence-electron chi connectivity index (χ2n) is 10.0. The molecule has 1 aromatic heterocycles. The fourth-order valence-electron chi connectivity index (χ4n) is 5.55. The molecule has 3 aliphatic carbocycles. The first-order valence-corrected chi connectivity index (χ1v) is 12.9. The summed E-state index contributed by atoms with van der Waals surface area (Å²) in [5.41, 5.74) is 2.05. The summed E-state index contributed by atoms with van der Waals surface area (Å²) in [5.74, 6) is 0.559. The Morgan fingerprint density at radius 1 is 1.03 bits per heavy atom. The molecule has 4 rings (SSSR count). The van der Waals surface area contributed by atoms with Crippen molar-refractivity contribution in [2.75, 3.05) is 11.4 Å². The van der Waals surface area contributed by atoms with E-state index in [1.54, 1.807) is 0 Å². The number of thiophene rings is 1. The largest absolute Gasteiger partial charge is 0.477 e. The van der Waals surface area contributed by atoms with Crippen LogP contribution in [0.4, 0.5) is 5.69 Å². The van der Waals surface area contributed by atoms with E-state index in [0.29, 0.717) is 23.3 Å². The monoisotopic (exact) mass is 447 g/mol. The van der Waals surface area contributed by atoms with E-state index in [1.165, 1.54) is 42.6 Å². The normalized spacial score (nSPS) is 31.8. The molecule has 1 atom stereocenters. The maximum absolute atomic E-state index is 12.2. The number of carboxylic acid groups (broad SMARTS) is 1. The molecule has 31 heavy (non-hydrogen) atoms. The molecule has 0 amide bonds. The molecule has 3 N–H and O–H groups in total. The predicted molar refractivity (Wildman–Crippen MR) is 126 cm³/mol. The van der Waals surface area contributed by atoms with Crippen LogP contribution in [0.3, 0.4) is 0 Å². The van der Waals surface area contributed by atoms with Gasteiger partial charge in [0.15, 0.2) is 0 Å². The Kier molecular flexibility index (Phi) is 7.40. The average molecular weight is 448 g/mol. The summed E-state index contributed by atoms with van der Waals surface area (Å²) in [6.45, 7) is 3.25. The molecule has 0 aliphatic heterocycles. The molecular formula is C25H37NO4S. The van der Waals surface area contributed by atoms with Crippen LogP contribution in [0, 0.1) is 11.8 Å². The van der Waals surface area contributed by atoms with Crippen LogP contribution in [0.2, 0.25) is 0 Å². The average Bonchev–Trinajstić information content (AvgIpc) is 3.20. The number of anilines is 1. The lowest BCUT2D eigenvalue weighted by Gasteiger charge is -2.40. The van der Waals surface area contributed by atoms with Crippen molar-refractivity contribution in [3.63, 3.8) is 0 Å². The van der Waals surface area contributed by atoms with Gasteiger partial charge in [-0.05, 0) is 81.3 Å². The van der Waals surface area contributed by atoms with E-state index in [-0.39, 0.29) is 12.2 Å². The van der Waals surface area contributed by atoms with Gasteiger partial charge in [-0.2, -0.15) is 0 Å². The van der Waals surface area contributed by atoms with Crippen LogP contribution < -0.4 is 4.90 Å². The van der Waals surface area contributed by atoms with Gasteiger partial charge >= 0.3 is 5.97 Å². The van der Waals surface area contributed by atoms with Crippen LogP contribution in [0.5, 0.6) is 0 Å². The Balaban J connectivity index is 1.63. The quantitative estimate of drug-likeness (QED) is 0.550. The Morgan fingerprint density at radius 3 is 2.35 bits per heavy atom. The van der Waals surface area contributed by atoms with Crippen LogP contribution in [0.25, 0.3) is 5.57 Å². The highest BCUT2D eigenvalue weighted by Gasteiger charge is 2.32. The number of carboxylic acids is 1. The number of aromatic carboxylic acids is 1. The first-order valence-electron chi connectivity index (χ1n) is 12.1. The van der Waals surface area contributed by atoms with E-state index in [2.05, 4.69) is 24.0 Å². The van der Waals surface area contributed by atoms with Crippen molar-refractivity contribution in [1.29, 1.82) is 0 Å². The molecule has 2 saturated carbocycles. The zero-order valence-corrected chi connectivity index (χ0v) is 19.4. The summed E-state index contributed by atoms with van der Waals surface area (Å²) < 4.78 is 0. The Hall–Kier alpha value is -1.37. The molecule has 0 aromatic carbocycles. The van der Waals surface area contributed by atoms with E-state index >= 15 is 0 Å². The third-order valence-corrected chi connectivity index (χ3v) is 8.80. The molecule has 2 fully saturated rings. The lowest BCUT2D eigenvalue weighted by atomic mass is 9.82. The lowest BCUT2D eigenvalue weighted by molar-refractivity contribution is 0.0702. The van der Waals surface area contributed by atoms with Gasteiger partial charge in [0.05, 0.1) is 17.9 Å². The summed E-state index contributed by atoms with van der Waals surface area (Å²) in [5, 5.41) is 29.9. The summed E-state index contributed by atoms with van der Waals surface area (Å²) in [6.07, 6.45) is 12.2. The number of rotatable bonds is 6. The highest BCUT2D eigenvalue weighted by Crippen LogP contribution is 2.41. The molecule has 0 bridgehead atoms. The van der Waals surface area contributed by atoms with Crippen LogP contribution >= 0.6 is 11.3 Å². The smallest absolute Gasteiger partial charge is 0.348 e. The standard InChI is InChI=1S/C25H37NO4S/c1-16-2-4-17(5-3-16)15-26(19-8-12-21(28)13-9-19)22-14-23(31-24(22)25(29)30)18-6-10-20(27)11-7-18/h6,14,16-17,19-21,27-28H,2-5,7-13,15H2,1H3,(H,29,30). The van der Waals surface area contributed by atoms with Crippen molar-refractivity contribution in [3.8, 4) is 0 Å². The van der Waals surface area contributed by atoms with Crippen LogP contribution in [0.1, 0.15) is 92.1 Å². The first kappa shape index (κ1) is 22.8. The van der Waals surface area contributed by atoms with E-state index < -0.39 is 5.97 Å². The van der Waals surface area contributed by atoms with Crippen molar-refractivity contribution < 1.29 is 20.1 Å². The Bertz CT molecular complexity index is 787. The maximum atomic E-state index is 12.2. The van der Waals surface area contributed by atoms with Gasteiger partial charge in [-0.15, -0.1) is 11.3 Å². The fraction of sp³-hybridized carbons (Fsp3) is 0.720. The number of aliphatic hydroxyl groups excluding tert-OH is 2. The molecule has 1 heterocycles. The molecular weight excluding hydrogens is 410 g/mol. The topological polar surface area (TPSA) is 81.0 Å². The summed E-state index contributed by atoms with van der Waals surface area (Å²) >= 11 is 1.39. The number of allylic oxidation sites excluding steroid dienone is 1. The lowest BCUT2D eigenvalue weighted by Crippen LogP contribution is -2.43. The van der Waals surface area contributed by atoms with E-state index in [1.807, 2.05) is 0 Å². The molecule has 1 aromatic rings. The number of nitrogens with zero attached hydrogens (tertiary/aromatic N) is 1. The fourth-order valence-corrected chi connectivity index (χ4v) is 6.63. The van der Waals surface area contributed by atoms with E-state index in [4.69, 9.17) is 0 Å². The number of carbonyl (C=O) groups is 1. The third-order valence-electron chi connectivity index (χ3n) is 7.61. The molecule has 5 nitrogen and oxygen atoms in total. The zero-order chi connectivity index (χ0) is 22.0. The molecule has 0 saturated heterocycles. The zero-order valence-electron chi connectivity index (χ0n) is 18.6. The minimum atomic E-state index is -0.846. The van der Waals surface area contributed by atoms with Gasteiger partial charge in [-0.25, -0.2) is 4.79 Å². The van der Waals surface area contributed by atoms with Gasteiger partial charge in [0.2, 0.25) is 0 Å². The molecule has 6 heteroatoms. The first-order chi connectivity index (χ1) is 14.9. The summed E-state index contributed by atoms with van der Waals surface area (Å²) in [6, 6.07) is 2.40. The maximum Gasteiger partial charge on any atom is 0.348 e. The molecule has 0 spiro atoms. The van der Waals surface area contributed by atoms with E-state index in [0.717, 1.165) is 61.6 Å². The molecule has 3 aliphatic rings. The van der Waals surface area contributed by atoms with Gasteiger partial charge in [0, 0.05) is 17.5 Å². The van der Waals surface area contributed by atoms with Crippen LogP contribution in [0.15, 0.2) is 12.1 Å². The molecule has 0 radical (unpaired) electrons. The van der Waals surface area contributed by atoms with Crippen molar-refractivity contribution in [2.45, 2.75) is 95.8 Å². The SMILES string of the molecule is CC1CCC(CN(c2cc(C3=CCC(O)CC3)sc2C(=O)O)C2CCC(O)CC2)CC1. The van der Waals surface area contributed by atoms with Crippen molar-refractivity contribution in [2.24, 2.45) is 11.8 Å². The highest BCUT2D eigenvalue weighted by atomic mass is 32.1. The Labute approximate surface area is 189 Å². The van der Waals surface area contributed by atoms with Crippen molar-refractivity contribution >= 4 is 28.6 Å². The van der Waals surface area contributed by atoms with Gasteiger partial charge in [-0.3, -0.25) is 0 Å². The van der Waals surface area contributed by atoms with Crippen LogP contribution in [-0.4, -0.2) is 46.1 Å². The summed E-state index contributed by atoms with van der Waals surface area (Å²) in [7, 11) is 0. The summed E-state index contributed by atoms with van der Waals surface area (Å²) in [4.78, 5) is 16.1. The van der Waals surface area contributed by atoms with Gasteiger partial charge < -0.3 is 20.2 Å². The van der Waals surface area contributed by atoms with E-state index in [9.17, 15) is 20.1 Å². The number of hydrogen-bond donors (Lipinski definition) is 3. The van der Waals surface area contributed by atoms with Crippen LogP contribution in [-0.2, 0) is 0 Å². The number of hydrogen-bond acceptors (Lipinski definition) is 5. The third kappa shape index (κ3) is 5.52. The Morgan fingerprint density at radius 2 is 1.74 bits per heavy atom. The second kappa shape index (κ2) is 10.1. The minimum Gasteiger partial charge on any atom is -0.477 e. The number of aliphatic hydroxyl groups is 2. The predicted octanol–water partition coefficient (Wildman–Crippen LogP) is 5.31. The molecule has 172 valence electrons. The molecule has 1 unspecified atom stereocenters. The van der Waals surface area contributed by atoms with Crippen molar-refractivity contribution in [3.05, 3.63) is 21.9 Å². The second-order valence-corrected chi connectivity index (χ2v) is 11.1. The van der Waals surface area contributed by atoms with Gasteiger partial charge in [0.1, 0.15) is 4.88 Å². The highest BCUT2D eigenvalue weighted by molar-refractivity contribution is 7.15. The van der Waals surface area contributed by atoms with Gasteiger partial charge in [-0.1, -0.05) is 25.8 Å². The minimum absolute atomic E-state index is 0.218. The van der Waals surface area contributed by atoms with Crippen molar-refractivity contribution in [1.82, 2.24) is 0 Å².